The quantitative estimate of drug-likeness (QED) is 0.701. The van der Waals surface area contributed by atoms with Crippen LogP contribution in [0.1, 0.15) is 88.2 Å². The highest BCUT2D eigenvalue weighted by Crippen LogP contribution is 2.56. The van der Waals surface area contributed by atoms with Gasteiger partial charge in [0, 0.05) is 36.3 Å². The summed E-state index contributed by atoms with van der Waals surface area (Å²) in [6.07, 6.45) is 10.5. The van der Waals surface area contributed by atoms with Gasteiger partial charge in [-0.25, -0.2) is 4.98 Å². The maximum Gasteiger partial charge on any atom is 0.303 e. The molecule has 2 aromatic heterocycles. The van der Waals surface area contributed by atoms with Crippen molar-refractivity contribution in [3.63, 3.8) is 0 Å². The Labute approximate surface area is 177 Å². The first-order valence-corrected chi connectivity index (χ1v) is 11.4. The third kappa shape index (κ3) is 3.21. The Kier molecular flexibility index (Phi) is 4.64. The van der Waals surface area contributed by atoms with Crippen molar-refractivity contribution in [2.45, 2.75) is 89.1 Å². The molecule has 2 atom stereocenters. The lowest BCUT2D eigenvalue weighted by Crippen LogP contribution is -2.64. The molecular weight excluding hydrogens is 378 g/mol. The average Bonchev–Trinajstić information content (AvgIpc) is 3.43. The zero-order valence-electron chi connectivity index (χ0n) is 17.9. The van der Waals surface area contributed by atoms with Gasteiger partial charge in [-0.3, -0.25) is 9.59 Å². The first-order valence-electron chi connectivity index (χ1n) is 11.4. The first-order chi connectivity index (χ1) is 14.4. The number of carbonyl (C=O) groups is 2. The smallest absolute Gasteiger partial charge is 0.303 e. The van der Waals surface area contributed by atoms with Gasteiger partial charge in [-0.2, -0.15) is 0 Å². The average molecular weight is 410 g/mol. The van der Waals surface area contributed by atoms with E-state index in [0.29, 0.717) is 12.3 Å². The molecule has 4 aliphatic rings. The van der Waals surface area contributed by atoms with Crippen LogP contribution < -0.4 is 0 Å². The van der Waals surface area contributed by atoms with Gasteiger partial charge in [-0.1, -0.05) is 13.8 Å². The number of fused-ring (bicyclic) bond motifs is 3. The van der Waals surface area contributed by atoms with Crippen molar-refractivity contribution in [1.29, 1.82) is 0 Å². The third-order valence-electron chi connectivity index (χ3n) is 7.74. The molecule has 0 radical (unpaired) electrons. The number of hydrogen-bond acceptors (Lipinski definition) is 3. The van der Waals surface area contributed by atoms with E-state index < -0.39 is 5.97 Å². The Morgan fingerprint density at radius 2 is 2.10 bits per heavy atom. The van der Waals surface area contributed by atoms with E-state index in [9.17, 15) is 14.7 Å². The summed E-state index contributed by atoms with van der Waals surface area (Å²) in [7, 11) is 0. The van der Waals surface area contributed by atoms with Crippen LogP contribution in [0.3, 0.4) is 0 Å². The summed E-state index contributed by atoms with van der Waals surface area (Å²) in [4.78, 5) is 34.6. The first kappa shape index (κ1) is 19.6. The van der Waals surface area contributed by atoms with Crippen molar-refractivity contribution >= 4 is 22.9 Å². The van der Waals surface area contributed by atoms with Crippen LogP contribution in [0.25, 0.3) is 11.0 Å². The predicted octanol–water partition coefficient (Wildman–Crippen LogP) is 4.57. The number of carbonyl (C=O) groups excluding carboxylic acids is 1. The molecule has 2 bridgehead atoms. The minimum Gasteiger partial charge on any atom is -0.481 e. The van der Waals surface area contributed by atoms with E-state index in [1.807, 2.05) is 12.4 Å². The van der Waals surface area contributed by atoms with Crippen LogP contribution >= 0.6 is 0 Å². The van der Waals surface area contributed by atoms with Crippen molar-refractivity contribution in [3.8, 4) is 0 Å². The minimum absolute atomic E-state index is 0.0821. The lowest BCUT2D eigenvalue weighted by atomic mass is 9.56. The van der Waals surface area contributed by atoms with E-state index in [-0.39, 0.29) is 35.7 Å². The number of carboxylic acids is 1. The van der Waals surface area contributed by atoms with Gasteiger partial charge in [0.25, 0.3) is 0 Å². The van der Waals surface area contributed by atoms with Gasteiger partial charge in [0.05, 0.1) is 6.42 Å². The maximum absolute atomic E-state index is 13.4. The van der Waals surface area contributed by atoms with Crippen molar-refractivity contribution < 1.29 is 14.7 Å². The molecule has 2 saturated heterocycles. The molecule has 2 saturated carbocycles. The van der Waals surface area contributed by atoms with Crippen LogP contribution in [-0.4, -0.2) is 43.9 Å². The van der Waals surface area contributed by atoms with Crippen molar-refractivity contribution in [2.75, 3.05) is 0 Å². The Morgan fingerprint density at radius 3 is 2.77 bits per heavy atom. The van der Waals surface area contributed by atoms with Gasteiger partial charge in [0.15, 0.2) is 0 Å². The summed E-state index contributed by atoms with van der Waals surface area (Å²) in [6, 6.07) is 2.53. The molecule has 2 N–H and O–H groups in total. The molecule has 6 rings (SSSR count). The summed E-state index contributed by atoms with van der Waals surface area (Å²) >= 11 is 0. The Morgan fingerprint density at radius 1 is 1.33 bits per heavy atom. The fourth-order valence-corrected chi connectivity index (χ4v) is 6.19. The highest BCUT2D eigenvalue weighted by atomic mass is 16.4. The standard InChI is InChI=1S/C24H31N3O3/c1-3-16-9-24(12-21(29)30)10-17(11-24)27(16)20(28)8-14(2)19-13-26-23-22(19)18(6-7-25-23)15-4-5-15/h6-7,13-17H,3-5,8-12H2,1-2H3,(H,25,26)(H,29,30). The normalized spacial score (nSPS) is 28.9. The van der Waals surface area contributed by atoms with Crippen LogP contribution in [0.15, 0.2) is 18.5 Å². The number of H-pyrrole nitrogens is 1. The third-order valence-corrected chi connectivity index (χ3v) is 7.74. The number of rotatable bonds is 7. The number of aliphatic carboxylic acids is 1. The number of aromatic nitrogens is 2. The van der Waals surface area contributed by atoms with Crippen LogP contribution in [0.4, 0.5) is 0 Å². The van der Waals surface area contributed by atoms with Crippen LogP contribution in [0, 0.1) is 5.41 Å². The molecule has 0 aromatic carbocycles. The number of aromatic amines is 1. The summed E-state index contributed by atoms with van der Waals surface area (Å²) < 4.78 is 0. The molecule has 2 aliphatic carbocycles. The number of hydrogen-bond donors (Lipinski definition) is 2. The van der Waals surface area contributed by atoms with Gasteiger partial charge < -0.3 is 15.0 Å². The molecule has 6 nitrogen and oxygen atoms in total. The molecule has 4 heterocycles. The van der Waals surface area contributed by atoms with Crippen LogP contribution in [-0.2, 0) is 9.59 Å². The largest absolute Gasteiger partial charge is 0.481 e. The lowest BCUT2D eigenvalue weighted by molar-refractivity contribution is -0.164. The number of nitrogens with zero attached hydrogens (tertiary/aromatic N) is 2. The molecule has 2 aromatic rings. The second-order valence-electron chi connectivity index (χ2n) is 9.95. The summed E-state index contributed by atoms with van der Waals surface area (Å²) in [5.41, 5.74) is 3.42. The number of carboxylic acid groups (broad SMARTS) is 1. The van der Waals surface area contributed by atoms with E-state index in [2.05, 4.69) is 34.8 Å². The van der Waals surface area contributed by atoms with Gasteiger partial charge in [-0.15, -0.1) is 0 Å². The molecular formula is C24H31N3O3. The van der Waals surface area contributed by atoms with Gasteiger partial charge in [-0.05, 0) is 73.0 Å². The number of nitrogens with one attached hydrogen (secondary N) is 1. The van der Waals surface area contributed by atoms with E-state index in [0.717, 1.165) is 31.3 Å². The summed E-state index contributed by atoms with van der Waals surface area (Å²) in [5, 5.41) is 10.5. The lowest BCUT2D eigenvalue weighted by Gasteiger charge is -2.60. The SMILES string of the molecule is CCC1CC2(CC(=O)O)CC(C2)N1C(=O)CC(C)c1c[nH]c2nccc(C3CC3)c12. The Balaban J connectivity index is 1.34. The second-order valence-corrected chi connectivity index (χ2v) is 9.95. The van der Waals surface area contributed by atoms with Gasteiger partial charge in [0.1, 0.15) is 5.65 Å². The summed E-state index contributed by atoms with van der Waals surface area (Å²) in [6.45, 7) is 4.26. The van der Waals surface area contributed by atoms with E-state index in [4.69, 9.17) is 0 Å². The second kappa shape index (κ2) is 7.10. The molecule has 6 heteroatoms. The molecule has 1 amide bonds. The van der Waals surface area contributed by atoms with Crippen LogP contribution in [0.5, 0.6) is 0 Å². The summed E-state index contributed by atoms with van der Waals surface area (Å²) in [5.74, 6) is 0.262. The maximum atomic E-state index is 13.4. The topological polar surface area (TPSA) is 86.3 Å². The van der Waals surface area contributed by atoms with Gasteiger partial charge >= 0.3 is 5.97 Å². The highest BCUT2D eigenvalue weighted by Gasteiger charge is 2.55. The zero-order valence-corrected chi connectivity index (χ0v) is 17.9. The molecule has 160 valence electrons. The predicted molar refractivity (Wildman–Crippen MR) is 114 cm³/mol. The molecule has 4 fully saturated rings. The molecule has 30 heavy (non-hydrogen) atoms. The monoisotopic (exact) mass is 409 g/mol. The Bertz CT molecular complexity index is 987. The number of piperidine rings is 2. The zero-order chi connectivity index (χ0) is 21.0. The molecule has 2 unspecified atom stereocenters. The number of pyridine rings is 1. The van der Waals surface area contributed by atoms with E-state index in [1.54, 1.807) is 0 Å². The van der Waals surface area contributed by atoms with Crippen molar-refractivity contribution in [1.82, 2.24) is 14.9 Å². The fraction of sp³-hybridized carbons (Fsp3) is 0.625. The number of amides is 1. The van der Waals surface area contributed by atoms with E-state index in [1.165, 1.54) is 29.4 Å². The minimum atomic E-state index is -0.712. The molecule has 0 spiro atoms. The molecule has 2 aliphatic heterocycles. The van der Waals surface area contributed by atoms with Crippen molar-refractivity contribution in [2.24, 2.45) is 5.41 Å². The van der Waals surface area contributed by atoms with Gasteiger partial charge in [0.2, 0.25) is 5.91 Å². The van der Waals surface area contributed by atoms with E-state index >= 15 is 0 Å². The van der Waals surface area contributed by atoms with Crippen LogP contribution in [0.2, 0.25) is 0 Å². The Hall–Kier alpha value is -2.37. The van der Waals surface area contributed by atoms with Crippen molar-refractivity contribution in [3.05, 3.63) is 29.6 Å². The fourth-order valence-electron chi connectivity index (χ4n) is 6.19. The highest BCUT2D eigenvalue weighted by molar-refractivity contribution is 5.86.